The highest BCUT2D eigenvalue weighted by Crippen LogP contribution is 2.38. The van der Waals surface area contributed by atoms with Crippen molar-refractivity contribution < 1.29 is 13.9 Å². The van der Waals surface area contributed by atoms with Crippen molar-refractivity contribution in [3.63, 3.8) is 0 Å². The second kappa shape index (κ2) is 8.89. The van der Waals surface area contributed by atoms with Gasteiger partial charge in [-0.1, -0.05) is 13.8 Å². The zero-order valence-electron chi connectivity index (χ0n) is 18.1. The summed E-state index contributed by atoms with van der Waals surface area (Å²) in [4.78, 5) is 35.0. The second-order valence-corrected chi connectivity index (χ2v) is 7.60. The molecule has 1 aliphatic rings. The fraction of sp³-hybridized carbons (Fsp3) is 0.375. The van der Waals surface area contributed by atoms with Crippen molar-refractivity contribution in [1.29, 1.82) is 0 Å². The van der Waals surface area contributed by atoms with Gasteiger partial charge in [0.15, 0.2) is 5.43 Å². The highest BCUT2D eigenvalue weighted by atomic mass is 16.5. The SMILES string of the molecule is CCN(CC)CCCN1C(=O)c2oc3cc(OC)ccc3c(=O)c2[C@H]1c1ccncc1. The van der Waals surface area contributed by atoms with E-state index in [0.29, 0.717) is 28.8 Å². The molecule has 0 fully saturated rings. The molecule has 2 aromatic heterocycles. The molecular formula is C24H27N3O4. The molecule has 31 heavy (non-hydrogen) atoms. The van der Waals surface area contributed by atoms with Crippen LogP contribution in [0.1, 0.15) is 48.0 Å². The fourth-order valence-electron chi connectivity index (χ4n) is 4.25. The molecule has 1 amide bonds. The molecule has 0 N–H and O–H groups in total. The number of methoxy groups -OCH3 is 1. The van der Waals surface area contributed by atoms with Crippen LogP contribution < -0.4 is 10.2 Å². The smallest absolute Gasteiger partial charge is 0.290 e. The lowest BCUT2D eigenvalue weighted by Crippen LogP contribution is -2.33. The molecule has 3 heterocycles. The van der Waals surface area contributed by atoms with Crippen molar-refractivity contribution in [2.24, 2.45) is 0 Å². The minimum Gasteiger partial charge on any atom is -0.497 e. The third-order valence-corrected chi connectivity index (χ3v) is 5.96. The zero-order chi connectivity index (χ0) is 22.0. The molecule has 0 spiro atoms. The van der Waals surface area contributed by atoms with E-state index in [4.69, 9.17) is 9.15 Å². The van der Waals surface area contributed by atoms with E-state index in [1.54, 1.807) is 42.6 Å². The molecule has 1 aromatic carbocycles. The Hall–Kier alpha value is -3.19. The van der Waals surface area contributed by atoms with Gasteiger partial charge >= 0.3 is 0 Å². The summed E-state index contributed by atoms with van der Waals surface area (Å²) >= 11 is 0. The first-order valence-corrected chi connectivity index (χ1v) is 10.7. The normalized spacial score (nSPS) is 15.7. The van der Waals surface area contributed by atoms with Crippen molar-refractivity contribution in [3.8, 4) is 5.75 Å². The van der Waals surface area contributed by atoms with E-state index in [1.807, 2.05) is 12.1 Å². The average molecular weight is 421 g/mol. The predicted molar refractivity (Wildman–Crippen MR) is 119 cm³/mol. The quantitative estimate of drug-likeness (QED) is 0.554. The van der Waals surface area contributed by atoms with Crippen molar-refractivity contribution in [2.75, 3.05) is 33.3 Å². The van der Waals surface area contributed by atoms with Crippen LogP contribution in [0, 0.1) is 0 Å². The number of aromatic nitrogens is 1. The lowest BCUT2D eigenvalue weighted by atomic mass is 9.99. The third-order valence-electron chi connectivity index (χ3n) is 5.96. The Bertz CT molecular complexity index is 1140. The number of ether oxygens (including phenoxy) is 1. The lowest BCUT2D eigenvalue weighted by molar-refractivity contribution is 0.0720. The number of benzene rings is 1. The van der Waals surface area contributed by atoms with E-state index >= 15 is 0 Å². The largest absolute Gasteiger partial charge is 0.497 e. The Balaban J connectivity index is 1.79. The number of nitrogens with zero attached hydrogens (tertiary/aromatic N) is 3. The minimum absolute atomic E-state index is 0.121. The number of pyridine rings is 1. The summed E-state index contributed by atoms with van der Waals surface area (Å²) in [5, 5.41) is 0.441. The summed E-state index contributed by atoms with van der Waals surface area (Å²) in [6.07, 6.45) is 4.17. The Morgan fingerprint density at radius 2 is 1.87 bits per heavy atom. The van der Waals surface area contributed by atoms with Crippen molar-refractivity contribution in [3.05, 3.63) is 69.8 Å². The van der Waals surface area contributed by atoms with Crippen LogP contribution >= 0.6 is 0 Å². The molecule has 1 aliphatic heterocycles. The highest BCUT2D eigenvalue weighted by molar-refractivity contribution is 5.99. The molecule has 0 radical (unpaired) electrons. The van der Waals surface area contributed by atoms with Crippen LogP contribution in [0.4, 0.5) is 0 Å². The van der Waals surface area contributed by atoms with Gasteiger partial charge in [0.25, 0.3) is 5.91 Å². The fourth-order valence-corrected chi connectivity index (χ4v) is 4.25. The van der Waals surface area contributed by atoms with Gasteiger partial charge in [-0.25, -0.2) is 0 Å². The van der Waals surface area contributed by atoms with Crippen LogP contribution in [0.2, 0.25) is 0 Å². The first kappa shape index (κ1) is 21.1. The van der Waals surface area contributed by atoms with Crippen LogP contribution in [0.15, 0.2) is 51.9 Å². The topological polar surface area (TPSA) is 75.9 Å². The molecule has 7 heteroatoms. The Labute approximate surface area is 181 Å². The Morgan fingerprint density at radius 1 is 1.13 bits per heavy atom. The van der Waals surface area contributed by atoms with E-state index < -0.39 is 6.04 Å². The third kappa shape index (κ3) is 3.81. The van der Waals surface area contributed by atoms with Gasteiger partial charge in [-0.2, -0.15) is 0 Å². The first-order chi connectivity index (χ1) is 15.1. The van der Waals surface area contributed by atoms with Gasteiger partial charge in [-0.3, -0.25) is 14.6 Å². The molecule has 1 atom stereocenters. The maximum absolute atomic E-state index is 13.5. The van der Waals surface area contributed by atoms with E-state index in [1.165, 1.54) is 0 Å². The van der Waals surface area contributed by atoms with Crippen LogP contribution in [0.5, 0.6) is 5.75 Å². The van der Waals surface area contributed by atoms with Gasteiger partial charge in [0.1, 0.15) is 11.3 Å². The molecule has 3 aromatic rings. The molecule has 0 bridgehead atoms. The molecule has 4 rings (SSSR count). The van der Waals surface area contributed by atoms with Gasteiger partial charge in [0.2, 0.25) is 5.76 Å². The molecule has 0 unspecified atom stereocenters. The van der Waals surface area contributed by atoms with Gasteiger partial charge in [0, 0.05) is 25.0 Å². The Morgan fingerprint density at radius 3 is 2.55 bits per heavy atom. The van der Waals surface area contributed by atoms with E-state index in [2.05, 4.69) is 23.7 Å². The lowest BCUT2D eigenvalue weighted by Gasteiger charge is -2.26. The standard InChI is InChI=1S/C24H27N3O4/c1-4-26(5-2)13-6-14-27-21(16-9-11-25-12-10-16)20-22(28)18-8-7-17(30-3)15-19(18)31-23(20)24(27)29/h7-12,15,21H,4-6,13-14H2,1-3H3/t21-/m1/s1. The highest BCUT2D eigenvalue weighted by Gasteiger charge is 2.42. The summed E-state index contributed by atoms with van der Waals surface area (Å²) in [6.45, 7) is 7.60. The predicted octanol–water partition coefficient (Wildman–Crippen LogP) is 3.47. The van der Waals surface area contributed by atoms with Crippen molar-refractivity contribution in [1.82, 2.24) is 14.8 Å². The summed E-state index contributed by atoms with van der Waals surface area (Å²) in [6, 6.07) is 8.28. The van der Waals surface area contributed by atoms with Crippen LogP contribution in [-0.4, -0.2) is 54.0 Å². The van der Waals surface area contributed by atoms with E-state index in [0.717, 1.165) is 31.6 Å². The van der Waals surface area contributed by atoms with Gasteiger partial charge in [-0.05, 0) is 55.9 Å². The number of hydrogen-bond donors (Lipinski definition) is 0. The van der Waals surface area contributed by atoms with Crippen LogP contribution in [-0.2, 0) is 0 Å². The average Bonchev–Trinajstić information content (AvgIpc) is 3.09. The Kier molecular flexibility index (Phi) is 6.04. The number of carbonyl (C=O) groups excluding carboxylic acids is 1. The number of carbonyl (C=O) groups is 1. The maximum atomic E-state index is 13.5. The van der Waals surface area contributed by atoms with Gasteiger partial charge < -0.3 is 19.0 Å². The minimum atomic E-state index is -0.482. The number of rotatable bonds is 8. The zero-order valence-corrected chi connectivity index (χ0v) is 18.1. The second-order valence-electron chi connectivity index (χ2n) is 7.60. The first-order valence-electron chi connectivity index (χ1n) is 10.7. The van der Waals surface area contributed by atoms with Gasteiger partial charge in [0.05, 0.1) is 24.1 Å². The number of amides is 1. The molecule has 0 saturated heterocycles. The van der Waals surface area contributed by atoms with E-state index in [-0.39, 0.29) is 17.1 Å². The summed E-state index contributed by atoms with van der Waals surface area (Å²) < 4.78 is 11.2. The molecular weight excluding hydrogens is 394 g/mol. The number of hydrogen-bond acceptors (Lipinski definition) is 6. The molecule has 7 nitrogen and oxygen atoms in total. The summed E-state index contributed by atoms with van der Waals surface area (Å²) in [5.41, 5.74) is 1.43. The van der Waals surface area contributed by atoms with Crippen LogP contribution in [0.3, 0.4) is 0 Å². The van der Waals surface area contributed by atoms with Crippen molar-refractivity contribution >= 4 is 16.9 Å². The molecule has 162 valence electrons. The summed E-state index contributed by atoms with van der Waals surface area (Å²) in [5.74, 6) is 0.441. The molecule has 0 saturated carbocycles. The maximum Gasteiger partial charge on any atom is 0.290 e. The van der Waals surface area contributed by atoms with E-state index in [9.17, 15) is 9.59 Å². The number of fused-ring (bicyclic) bond motifs is 2. The van der Waals surface area contributed by atoms with Gasteiger partial charge in [-0.15, -0.1) is 0 Å². The molecule has 0 aliphatic carbocycles. The summed E-state index contributed by atoms with van der Waals surface area (Å²) in [7, 11) is 1.55. The van der Waals surface area contributed by atoms with Crippen LogP contribution in [0.25, 0.3) is 11.0 Å². The van der Waals surface area contributed by atoms with Crippen molar-refractivity contribution in [2.45, 2.75) is 26.3 Å². The monoisotopic (exact) mass is 421 g/mol.